The smallest absolute Gasteiger partial charge is 0.307 e. The maximum atomic E-state index is 11.7. The average Bonchev–Trinajstić information content (AvgIpc) is 2.53. The van der Waals surface area contributed by atoms with Gasteiger partial charge >= 0.3 is 5.97 Å². The maximum absolute atomic E-state index is 11.7. The van der Waals surface area contributed by atoms with Crippen LogP contribution in [0.25, 0.3) is 0 Å². The Kier molecular flexibility index (Phi) is 5.99. The molecule has 1 aromatic carbocycles. The van der Waals surface area contributed by atoms with Crippen LogP contribution in [0.2, 0.25) is 0 Å². The van der Waals surface area contributed by atoms with Crippen molar-refractivity contribution < 1.29 is 19.4 Å². The molecule has 0 aliphatic carbocycles. The molecule has 5 nitrogen and oxygen atoms in total. The van der Waals surface area contributed by atoms with Crippen molar-refractivity contribution >= 4 is 11.9 Å². The van der Waals surface area contributed by atoms with E-state index in [1.807, 2.05) is 0 Å². The number of ether oxygens (including phenoxy) is 1. The molecule has 0 aromatic heterocycles. The van der Waals surface area contributed by atoms with Gasteiger partial charge in [0.05, 0.1) is 13.0 Å². The lowest BCUT2D eigenvalue weighted by molar-refractivity contribution is -0.136. The van der Waals surface area contributed by atoms with E-state index in [4.69, 9.17) is 9.84 Å². The maximum Gasteiger partial charge on any atom is 0.307 e. The molecule has 1 amide bonds. The lowest BCUT2D eigenvalue weighted by atomic mass is 10.0. The molecule has 1 atom stereocenters. The highest BCUT2D eigenvalue weighted by Crippen LogP contribution is 2.11. The third kappa shape index (κ3) is 5.58. The molecule has 2 N–H and O–H groups in total. The number of amides is 1. The van der Waals surface area contributed by atoms with Crippen molar-refractivity contribution in [2.75, 3.05) is 13.2 Å². The molecule has 2 rings (SSSR count). The topological polar surface area (TPSA) is 75.6 Å². The largest absolute Gasteiger partial charge is 0.481 e. The molecule has 0 spiro atoms. The minimum absolute atomic E-state index is 0.00156. The molecule has 116 valence electrons. The highest BCUT2D eigenvalue weighted by molar-refractivity contribution is 5.93. The van der Waals surface area contributed by atoms with E-state index in [-0.39, 0.29) is 18.2 Å². The molecule has 0 radical (unpaired) electrons. The van der Waals surface area contributed by atoms with E-state index in [9.17, 15) is 9.59 Å². The predicted octanol–water partition coefficient (Wildman–Crippen LogP) is 1.36. The first-order valence-electron chi connectivity index (χ1n) is 7.30. The fourth-order valence-corrected chi connectivity index (χ4v) is 2.20. The van der Waals surface area contributed by atoms with E-state index in [2.05, 4.69) is 17.2 Å². The van der Waals surface area contributed by atoms with Crippen molar-refractivity contribution in [1.29, 1.82) is 0 Å². The molecule has 1 aliphatic heterocycles. The number of rotatable bonds is 4. The van der Waals surface area contributed by atoms with E-state index in [0.717, 1.165) is 30.6 Å². The summed E-state index contributed by atoms with van der Waals surface area (Å²) < 4.78 is 5.31. The van der Waals surface area contributed by atoms with Gasteiger partial charge in [-0.3, -0.25) is 9.59 Å². The first-order chi connectivity index (χ1) is 10.6. The quantitative estimate of drug-likeness (QED) is 0.823. The summed E-state index contributed by atoms with van der Waals surface area (Å²) in [4.78, 5) is 22.3. The molecule has 22 heavy (non-hydrogen) atoms. The van der Waals surface area contributed by atoms with Crippen LogP contribution < -0.4 is 5.32 Å². The summed E-state index contributed by atoms with van der Waals surface area (Å²) in [7, 11) is 0. The second-order valence-electron chi connectivity index (χ2n) is 5.25. The van der Waals surface area contributed by atoms with Gasteiger partial charge in [-0.2, -0.15) is 0 Å². The van der Waals surface area contributed by atoms with Crippen molar-refractivity contribution in [2.24, 2.45) is 5.92 Å². The van der Waals surface area contributed by atoms with Gasteiger partial charge in [0, 0.05) is 19.1 Å². The van der Waals surface area contributed by atoms with Crippen LogP contribution in [0.3, 0.4) is 0 Å². The van der Waals surface area contributed by atoms with Crippen LogP contribution in [-0.2, 0) is 27.3 Å². The Hall–Kier alpha value is -2.32. The van der Waals surface area contributed by atoms with Gasteiger partial charge in [0.1, 0.15) is 0 Å². The van der Waals surface area contributed by atoms with Crippen LogP contribution in [0, 0.1) is 17.8 Å². The number of carboxylic acid groups (broad SMARTS) is 1. The zero-order chi connectivity index (χ0) is 15.8. The van der Waals surface area contributed by atoms with Gasteiger partial charge in [-0.15, -0.1) is 0 Å². The number of hydrogen-bond donors (Lipinski definition) is 2. The lowest BCUT2D eigenvalue weighted by Crippen LogP contribution is -2.22. The van der Waals surface area contributed by atoms with Gasteiger partial charge in [-0.05, 0) is 29.9 Å². The van der Waals surface area contributed by atoms with Crippen molar-refractivity contribution in [1.82, 2.24) is 5.32 Å². The first kappa shape index (κ1) is 16.1. The molecule has 5 heteroatoms. The Morgan fingerprint density at radius 3 is 2.64 bits per heavy atom. The van der Waals surface area contributed by atoms with Crippen molar-refractivity contribution in [3.8, 4) is 11.8 Å². The number of nitrogens with one attached hydrogen (secondary N) is 1. The molecular weight excluding hydrogens is 282 g/mol. The summed E-state index contributed by atoms with van der Waals surface area (Å²) in [5.41, 5.74) is 1.64. The number of benzene rings is 1. The van der Waals surface area contributed by atoms with Gasteiger partial charge < -0.3 is 15.2 Å². The molecule has 1 aromatic rings. The Morgan fingerprint density at radius 1 is 1.27 bits per heavy atom. The van der Waals surface area contributed by atoms with E-state index in [0.29, 0.717) is 13.2 Å². The summed E-state index contributed by atoms with van der Waals surface area (Å²) >= 11 is 0. The fourth-order valence-electron chi connectivity index (χ4n) is 2.20. The number of carboxylic acids is 1. The second kappa shape index (κ2) is 8.20. The molecule has 1 saturated heterocycles. The van der Waals surface area contributed by atoms with Crippen LogP contribution in [0.5, 0.6) is 0 Å². The molecule has 1 heterocycles. The lowest BCUT2D eigenvalue weighted by Gasteiger charge is -2.16. The van der Waals surface area contributed by atoms with Crippen molar-refractivity contribution in [3.05, 3.63) is 35.4 Å². The average molecular weight is 301 g/mol. The molecule has 0 saturated carbocycles. The zero-order valence-corrected chi connectivity index (χ0v) is 12.3. The third-order valence-electron chi connectivity index (χ3n) is 3.38. The van der Waals surface area contributed by atoms with E-state index in [1.165, 1.54) is 0 Å². The van der Waals surface area contributed by atoms with Crippen LogP contribution in [-0.4, -0.2) is 30.2 Å². The fraction of sp³-hybridized carbons (Fsp3) is 0.412. The van der Waals surface area contributed by atoms with Gasteiger partial charge in [0.15, 0.2) is 0 Å². The summed E-state index contributed by atoms with van der Waals surface area (Å²) in [5, 5.41) is 11.4. The molecule has 1 fully saturated rings. The number of carbonyl (C=O) groups excluding carboxylic acids is 1. The highest BCUT2D eigenvalue weighted by Gasteiger charge is 2.10. The Bertz CT molecular complexity index is 577. The normalized spacial score (nSPS) is 17.2. The summed E-state index contributed by atoms with van der Waals surface area (Å²) in [5.74, 6) is 4.52. The first-order valence-corrected chi connectivity index (χ1v) is 7.30. The van der Waals surface area contributed by atoms with Crippen molar-refractivity contribution in [2.45, 2.75) is 25.8 Å². The standard InChI is InChI=1S/C17H19NO4/c19-16(8-7-15-2-1-9-22-12-15)18-11-14-5-3-13(4-6-14)10-17(20)21/h3-6,15H,1-2,9-12H2,(H,18,19)(H,20,21). The van der Waals surface area contributed by atoms with Crippen LogP contribution in [0.1, 0.15) is 24.0 Å². The summed E-state index contributed by atoms with van der Waals surface area (Å²) in [6.45, 7) is 1.76. The SMILES string of the molecule is O=C(O)Cc1ccc(CNC(=O)C#CC2CCCOC2)cc1. The molecule has 0 bridgehead atoms. The van der Waals surface area contributed by atoms with Gasteiger partial charge in [-0.1, -0.05) is 30.2 Å². The molecule has 1 unspecified atom stereocenters. The minimum atomic E-state index is -0.858. The third-order valence-corrected chi connectivity index (χ3v) is 3.38. The monoisotopic (exact) mass is 301 g/mol. The zero-order valence-electron chi connectivity index (χ0n) is 12.3. The number of carbonyl (C=O) groups is 2. The van der Waals surface area contributed by atoms with E-state index in [1.54, 1.807) is 24.3 Å². The van der Waals surface area contributed by atoms with E-state index < -0.39 is 5.97 Å². The summed E-state index contributed by atoms with van der Waals surface area (Å²) in [6.07, 6.45) is 1.97. The van der Waals surface area contributed by atoms with Gasteiger partial charge in [-0.25, -0.2) is 0 Å². The number of aliphatic carboxylic acids is 1. The Morgan fingerprint density at radius 2 is 2.00 bits per heavy atom. The Balaban J connectivity index is 1.78. The van der Waals surface area contributed by atoms with Crippen LogP contribution in [0.4, 0.5) is 0 Å². The van der Waals surface area contributed by atoms with Crippen LogP contribution in [0.15, 0.2) is 24.3 Å². The van der Waals surface area contributed by atoms with Crippen LogP contribution >= 0.6 is 0 Å². The second-order valence-corrected chi connectivity index (χ2v) is 5.25. The van der Waals surface area contributed by atoms with E-state index >= 15 is 0 Å². The molecular formula is C17H19NO4. The van der Waals surface area contributed by atoms with Gasteiger partial charge in [0.2, 0.25) is 0 Å². The summed E-state index contributed by atoms with van der Waals surface area (Å²) in [6, 6.07) is 7.11. The van der Waals surface area contributed by atoms with Gasteiger partial charge in [0.25, 0.3) is 5.91 Å². The minimum Gasteiger partial charge on any atom is -0.481 e. The predicted molar refractivity (Wildman–Crippen MR) is 80.9 cm³/mol. The Labute approximate surface area is 129 Å². The highest BCUT2D eigenvalue weighted by atomic mass is 16.5. The number of hydrogen-bond acceptors (Lipinski definition) is 3. The van der Waals surface area contributed by atoms with Crippen molar-refractivity contribution in [3.63, 3.8) is 0 Å². The molecule has 1 aliphatic rings.